The molecule has 0 fully saturated rings. The van der Waals surface area contributed by atoms with E-state index >= 15 is 0 Å². The second-order valence-corrected chi connectivity index (χ2v) is 11.8. The molecule has 0 bridgehead atoms. The van der Waals surface area contributed by atoms with Crippen LogP contribution in [0, 0.1) is 6.92 Å². The van der Waals surface area contributed by atoms with Gasteiger partial charge in [-0.25, -0.2) is 8.42 Å². The molecule has 0 atom stereocenters. The van der Waals surface area contributed by atoms with Gasteiger partial charge in [-0.1, -0.05) is 48.2 Å². The van der Waals surface area contributed by atoms with Crippen LogP contribution in [-0.4, -0.2) is 38.8 Å². The van der Waals surface area contributed by atoms with Gasteiger partial charge >= 0.3 is 0 Å². The number of fused-ring (bicyclic) bond motifs is 1. The number of amides is 2. The van der Waals surface area contributed by atoms with Gasteiger partial charge in [-0.2, -0.15) is 0 Å². The minimum atomic E-state index is -3.08. The normalized spacial score (nSPS) is 13.4. The number of carbonyl (C=O) groups excluding carboxylic acids is 2. The van der Waals surface area contributed by atoms with Gasteiger partial charge < -0.3 is 10.2 Å². The van der Waals surface area contributed by atoms with Crippen LogP contribution < -0.4 is 10.2 Å². The Hall–Kier alpha value is -3.36. The first-order valence-corrected chi connectivity index (χ1v) is 14.0. The number of para-hydroxylation sites is 1. The molecule has 0 saturated heterocycles. The lowest BCUT2D eigenvalue weighted by molar-refractivity contribution is 0.0988. The number of hydrogen-bond acceptors (Lipinski definition) is 5. The molecule has 0 aromatic heterocycles. The number of nitrogens with zero attached hydrogens (tertiary/aromatic N) is 1. The second kappa shape index (κ2) is 10.5. The van der Waals surface area contributed by atoms with Crippen LogP contribution in [0.1, 0.15) is 32.7 Å². The predicted octanol–water partition coefficient (Wildman–Crippen LogP) is 5.32. The zero-order chi connectivity index (χ0) is 25.0. The van der Waals surface area contributed by atoms with Crippen LogP contribution >= 0.6 is 11.8 Å². The largest absolute Gasteiger partial charge is 0.322 e. The van der Waals surface area contributed by atoms with E-state index < -0.39 is 9.84 Å². The number of anilines is 2. The number of hydrogen-bond donors (Lipinski definition) is 1. The van der Waals surface area contributed by atoms with Crippen molar-refractivity contribution >= 4 is 44.8 Å². The number of aryl methyl sites for hydroxylation is 1. The molecule has 0 radical (unpaired) electrons. The van der Waals surface area contributed by atoms with Gasteiger partial charge in [-0.05, 0) is 66.3 Å². The molecule has 1 N–H and O–H groups in total. The Morgan fingerprint density at radius 1 is 0.971 bits per heavy atom. The van der Waals surface area contributed by atoms with Gasteiger partial charge in [-0.3, -0.25) is 9.59 Å². The molecule has 6 nitrogen and oxygen atoms in total. The lowest BCUT2D eigenvalue weighted by Crippen LogP contribution is -2.31. The molecule has 1 heterocycles. The first kappa shape index (κ1) is 24.8. The molecule has 0 spiro atoms. The summed E-state index contributed by atoms with van der Waals surface area (Å²) in [5, 5.41) is 2.88. The molecule has 35 heavy (non-hydrogen) atoms. The van der Waals surface area contributed by atoms with Crippen LogP contribution in [0.15, 0.2) is 88.7 Å². The first-order valence-electron chi connectivity index (χ1n) is 11.1. The maximum atomic E-state index is 13.4. The number of benzene rings is 3. The van der Waals surface area contributed by atoms with E-state index in [4.69, 9.17) is 0 Å². The highest BCUT2D eigenvalue weighted by molar-refractivity contribution is 8.03. The van der Waals surface area contributed by atoms with E-state index in [1.165, 1.54) is 18.0 Å². The van der Waals surface area contributed by atoms with Crippen molar-refractivity contribution in [3.05, 3.63) is 100 Å². The fourth-order valence-electron chi connectivity index (χ4n) is 3.75. The number of thioether (sulfide) groups is 1. The number of sulfone groups is 1. The summed E-state index contributed by atoms with van der Waals surface area (Å²) in [5.41, 5.74) is 3.37. The third kappa shape index (κ3) is 6.21. The van der Waals surface area contributed by atoms with Crippen molar-refractivity contribution in [2.45, 2.75) is 18.2 Å². The van der Waals surface area contributed by atoms with Crippen molar-refractivity contribution < 1.29 is 18.0 Å². The van der Waals surface area contributed by atoms with Gasteiger partial charge in [-0.15, -0.1) is 0 Å². The zero-order valence-electron chi connectivity index (χ0n) is 19.5. The van der Waals surface area contributed by atoms with Crippen LogP contribution in [0.5, 0.6) is 0 Å². The van der Waals surface area contributed by atoms with E-state index in [0.717, 1.165) is 21.1 Å². The van der Waals surface area contributed by atoms with Gasteiger partial charge in [0.1, 0.15) is 9.84 Å². The van der Waals surface area contributed by atoms with Crippen molar-refractivity contribution in [3.63, 3.8) is 0 Å². The third-order valence-electron chi connectivity index (χ3n) is 5.64. The summed E-state index contributed by atoms with van der Waals surface area (Å²) in [7, 11) is -3.08. The number of carbonyl (C=O) groups is 2. The molecule has 4 rings (SSSR count). The van der Waals surface area contributed by atoms with Crippen molar-refractivity contribution in [1.29, 1.82) is 0 Å². The molecule has 3 aromatic carbocycles. The minimum absolute atomic E-state index is 0.0671. The molecule has 8 heteroatoms. The molecule has 3 aromatic rings. The van der Waals surface area contributed by atoms with Crippen LogP contribution in [0.3, 0.4) is 0 Å². The Balaban J connectivity index is 1.52. The highest BCUT2D eigenvalue weighted by Gasteiger charge is 2.23. The van der Waals surface area contributed by atoms with E-state index in [0.29, 0.717) is 29.8 Å². The van der Waals surface area contributed by atoms with Crippen molar-refractivity contribution in [1.82, 2.24) is 0 Å². The standard InChI is InChI=1S/C27H26N2O4S2/c1-19-7-3-4-8-23(19)26(30)28-21-13-11-20(12-14-21)27(31)29-17-15-22(16-18-35(2,32)33)34-25-10-6-5-9-24(25)29/h3-15H,16-18H2,1-2H3,(H,28,30). The average molecular weight is 507 g/mol. The van der Waals surface area contributed by atoms with E-state index in [1.54, 1.807) is 35.2 Å². The van der Waals surface area contributed by atoms with Crippen molar-refractivity contribution in [3.8, 4) is 0 Å². The molecule has 180 valence electrons. The fraction of sp³-hybridized carbons (Fsp3) is 0.185. The minimum Gasteiger partial charge on any atom is -0.322 e. The lowest BCUT2D eigenvalue weighted by Gasteiger charge is -2.22. The fourth-order valence-corrected chi connectivity index (χ4v) is 5.54. The molecule has 0 unspecified atom stereocenters. The summed E-state index contributed by atoms with van der Waals surface area (Å²) in [6, 6.07) is 21.8. The van der Waals surface area contributed by atoms with E-state index in [1.807, 2.05) is 55.5 Å². The Bertz CT molecular complexity index is 1400. The second-order valence-electron chi connectivity index (χ2n) is 8.38. The van der Waals surface area contributed by atoms with Gasteiger partial charge in [0.25, 0.3) is 11.8 Å². The van der Waals surface area contributed by atoms with Crippen molar-refractivity contribution in [2.24, 2.45) is 0 Å². The molecule has 0 aliphatic carbocycles. The van der Waals surface area contributed by atoms with Crippen LogP contribution in [0.25, 0.3) is 0 Å². The molecule has 1 aliphatic rings. The van der Waals surface area contributed by atoms with E-state index in [9.17, 15) is 18.0 Å². The van der Waals surface area contributed by atoms with Crippen molar-refractivity contribution in [2.75, 3.05) is 28.8 Å². The first-order chi connectivity index (χ1) is 16.7. The highest BCUT2D eigenvalue weighted by atomic mass is 32.2. The summed E-state index contributed by atoms with van der Waals surface area (Å²) < 4.78 is 23.3. The topological polar surface area (TPSA) is 83.6 Å². The monoisotopic (exact) mass is 506 g/mol. The summed E-state index contributed by atoms with van der Waals surface area (Å²) >= 11 is 1.50. The van der Waals surface area contributed by atoms with E-state index in [2.05, 4.69) is 5.32 Å². The molecule has 1 aliphatic heterocycles. The van der Waals surface area contributed by atoms with Gasteiger partial charge in [0.05, 0.1) is 11.4 Å². The van der Waals surface area contributed by atoms with Crippen LogP contribution in [0.2, 0.25) is 0 Å². The van der Waals surface area contributed by atoms with Gasteiger partial charge in [0.15, 0.2) is 0 Å². The maximum absolute atomic E-state index is 13.4. The predicted molar refractivity (Wildman–Crippen MR) is 142 cm³/mol. The lowest BCUT2D eigenvalue weighted by atomic mass is 10.1. The smallest absolute Gasteiger partial charge is 0.258 e. The third-order valence-corrected chi connectivity index (χ3v) is 7.79. The Morgan fingerprint density at radius 2 is 1.66 bits per heavy atom. The molecule has 2 amide bonds. The maximum Gasteiger partial charge on any atom is 0.258 e. The number of nitrogens with one attached hydrogen (secondary N) is 1. The summed E-state index contributed by atoms with van der Waals surface area (Å²) in [4.78, 5) is 29.6. The van der Waals surface area contributed by atoms with Gasteiger partial charge in [0.2, 0.25) is 0 Å². The molecule has 0 saturated carbocycles. The molecular weight excluding hydrogens is 480 g/mol. The Kier molecular flexibility index (Phi) is 7.42. The summed E-state index contributed by atoms with van der Waals surface area (Å²) in [5.74, 6) is -0.305. The zero-order valence-corrected chi connectivity index (χ0v) is 21.2. The Morgan fingerprint density at radius 3 is 2.37 bits per heavy atom. The summed E-state index contributed by atoms with van der Waals surface area (Å²) in [6.07, 6.45) is 3.56. The summed E-state index contributed by atoms with van der Waals surface area (Å²) in [6.45, 7) is 2.22. The average Bonchev–Trinajstić information content (AvgIpc) is 3.02. The van der Waals surface area contributed by atoms with Gasteiger partial charge in [0, 0.05) is 34.5 Å². The van der Waals surface area contributed by atoms with Crippen LogP contribution in [-0.2, 0) is 9.84 Å². The SMILES string of the molecule is Cc1ccccc1C(=O)Nc1ccc(C(=O)N2CC=C(CCS(C)(=O)=O)Sc3ccccc32)cc1. The van der Waals surface area contributed by atoms with E-state index in [-0.39, 0.29) is 17.6 Å². The Labute approximate surface area is 210 Å². The number of allylic oxidation sites excluding steroid dienone is 1. The number of rotatable bonds is 6. The highest BCUT2D eigenvalue weighted by Crippen LogP contribution is 2.39. The molecular formula is C27H26N2O4S2. The van der Waals surface area contributed by atoms with Crippen LogP contribution in [0.4, 0.5) is 11.4 Å². The quantitative estimate of drug-likeness (QED) is 0.489.